The van der Waals surface area contributed by atoms with Crippen LogP contribution in [-0.4, -0.2) is 63.2 Å². The number of para-hydroxylation sites is 1. The van der Waals surface area contributed by atoms with Gasteiger partial charge in [-0.05, 0) is 72.9 Å². The van der Waals surface area contributed by atoms with E-state index in [4.69, 9.17) is 9.73 Å². The zero-order chi connectivity index (χ0) is 27.7. The van der Waals surface area contributed by atoms with E-state index >= 15 is 0 Å². The van der Waals surface area contributed by atoms with E-state index in [1.54, 1.807) is 11.3 Å². The van der Waals surface area contributed by atoms with Crippen molar-refractivity contribution >= 4 is 28.8 Å². The maximum Gasteiger partial charge on any atom is 0.410 e. The van der Waals surface area contributed by atoms with Crippen molar-refractivity contribution < 1.29 is 9.53 Å². The van der Waals surface area contributed by atoms with Gasteiger partial charge in [0.15, 0.2) is 5.82 Å². The number of carbonyl (C=O) groups is 1. The molecule has 9 heteroatoms. The van der Waals surface area contributed by atoms with Gasteiger partial charge in [-0.1, -0.05) is 18.2 Å². The Morgan fingerprint density at radius 3 is 2.59 bits per heavy atom. The highest BCUT2D eigenvalue weighted by atomic mass is 32.1. The van der Waals surface area contributed by atoms with Crippen LogP contribution in [0.4, 0.5) is 10.5 Å². The van der Waals surface area contributed by atoms with Gasteiger partial charge in [-0.3, -0.25) is 9.56 Å². The molecule has 3 aromatic rings. The summed E-state index contributed by atoms with van der Waals surface area (Å²) < 4.78 is 7.88. The van der Waals surface area contributed by atoms with Crippen LogP contribution in [0.1, 0.15) is 79.8 Å². The van der Waals surface area contributed by atoms with Gasteiger partial charge in [0.05, 0.1) is 5.71 Å². The van der Waals surface area contributed by atoms with Gasteiger partial charge in [0.1, 0.15) is 22.5 Å². The summed E-state index contributed by atoms with van der Waals surface area (Å²) in [5, 5.41) is 10.0. The molecule has 1 spiro atoms. The van der Waals surface area contributed by atoms with E-state index in [0.717, 1.165) is 66.9 Å². The standard InChI is InChI=1S/C30H38N6O2S/c1-18-20(3)39-27-24(18)25(31-19(2)26-33-32-21(4)36(26)27)22-11-8-9-12-23(22)35-16-30(17-35)13-10-14-34(15-30)28(37)38-29(5,6)7/h8-9,11-12,19H,10,13-17H2,1-7H3/t19-/m0/s1. The molecule has 0 saturated carbocycles. The highest BCUT2D eigenvalue weighted by molar-refractivity contribution is 7.15. The summed E-state index contributed by atoms with van der Waals surface area (Å²) in [6, 6.07) is 8.53. The molecule has 2 fully saturated rings. The minimum Gasteiger partial charge on any atom is -0.444 e. The van der Waals surface area contributed by atoms with Crippen LogP contribution >= 0.6 is 11.3 Å². The van der Waals surface area contributed by atoms with Crippen molar-refractivity contribution in [3.05, 3.63) is 57.5 Å². The molecule has 0 radical (unpaired) electrons. The summed E-state index contributed by atoms with van der Waals surface area (Å²) in [5.74, 6) is 1.77. The molecular weight excluding hydrogens is 508 g/mol. The fraction of sp³-hybridized carbons (Fsp3) is 0.533. The number of carbonyl (C=O) groups excluding carboxylic acids is 1. The van der Waals surface area contributed by atoms with Gasteiger partial charge >= 0.3 is 6.09 Å². The number of aliphatic imine (C=N–C) groups is 1. The molecular formula is C30H38N6O2S. The van der Waals surface area contributed by atoms with Crippen molar-refractivity contribution in [1.29, 1.82) is 0 Å². The third kappa shape index (κ3) is 4.44. The van der Waals surface area contributed by atoms with E-state index in [1.807, 2.05) is 32.6 Å². The van der Waals surface area contributed by atoms with Crippen molar-refractivity contribution in [3.8, 4) is 5.00 Å². The number of hydrogen-bond donors (Lipinski definition) is 0. The summed E-state index contributed by atoms with van der Waals surface area (Å²) >= 11 is 1.79. The van der Waals surface area contributed by atoms with E-state index in [0.29, 0.717) is 0 Å². The van der Waals surface area contributed by atoms with Crippen molar-refractivity contribution in [3.63, 3.8) is 0 Å². The first-order chi connectivity index (χ1) is 18.5. The van der Waals surface area contributed by atoms with Crippen molar-refractivity contribution in [1.82, 2.24) is 19.7 Å². The van der Waals surface area contributed by atoms with Crippen LogP contribution in [0.25, 0.3) is 5.00 Å². The van der Waals surface area contributed by atoms with Crippen molar-refractivity contribution in [2.45, 2.75) is 73.0 Å². The average Bonchev–Trinajstić information content (AvgIpc) is 3.35. The van der Waals surface area contributed by atoms with Gasteiger partial charge in [0.25, 0.3) is 0 Å². The first-order valence-corrected chi connectivity index (χ1v) is 14.7. The van der Waals surface area contributed by atoms with Gasteiger partial charge in [-0.25, -0.2) is 4.79 Å². The third-order valence-electron chi connectivity index (χ3n) is 8.22. The lowest BCUT2D eigenvalue weighted by atomic mass is 9.73. The molecule has 1 aromatic carbocycles. The Morgan fingerprint density at radius 2 is 1.85 bits per heavy atom. The monoisotopic (exact) mass is 546 g/mol. The Balaban J connectivity index is 1.32. The van der Waals surface area contributed by atoms with Crippen LogP contribution in [-0.2, 0) is 4.74 Å². The lowest BCUT2D eigenvalue weighted by Crippen LogP contribution is -2.64. The number of ether oxygens (including phenoxy) is 1. The molecule has 2 saturated heterocycles. The van der Waals surface area contributed by atoms with Gasteiger partial charge in [0.2, 0.25) is 0 Å². The lowest BCUT2D eigenvalue weighted by Gasteiger charge is -2.55. The molecule has 0 unspecified atom stereocenters. The molecule has 5 heterocycles. The SMILES string of the molecule is Cc1sc2c(c1C)C(c1ccccc1N1CC3(CCCN(C(=O)OC(C)(C)C)C3)C1)=N[C@@H](C)c1nnc(C)n1-2. The number of hydrogen-bond acceptors (Lipinski definition) is 7. The molecule has 0 bridgehead atoms. The fourth-order valence-corrected chi connectivity index (χ4v) is 7.51. The van der Waals surface area contributed by atoms with Gasteiger partial charge in [-0.2, -0.15) is 0 Å². The number of nitrogens with zero attached hydrogens (tertiary/aromatic N) is 6. The van der Waals surface area contributed by atoms with Gasteiger partial charge < -0.3 is 14.5 Å². The van der Waals surface area contributed by atoms with Crippen molar-refractivity contribution in [2.24, 2.45) is 10.4 Å². The smallest absolute Gasteiger partial charge is 0.410 e. The molecule has 1 amide bonds. The first-order valence-electron chi connectivity index (χ1n) is 13.9. The molecule has 1 atom stereocenters. The number of benzene rings is 1. The molecule has 2 aromatic heterocycles. The number of aromatic nitrogens is 3. The molecule has 0 N–H and O–H groups in total. The Bertz CT molecular complexity index is 1470. The number of rotatable bonds is 2. The normalized spacial score (nSPS) is 20.2. The van der Waals surface area contributed by atoms with E-state index < -0.39 is 5.60 Å². The summed E-state index contributed by atoms with van der Waals surface area (Å²) in [7, 11) is 0. The maximum absolute atomic E-state index is 12.8. The summed E-state index contributed by atoms with van der Waals surface area (Å²) in [6.45, 7) is 17.6. The highest BCUT2D eigenvalue weighted by Crippen LogP contribution is 2.45. The van der Waals surface area contributed by atoms with Gasteiger partial charge in [0, 0.05) is 53.3 Å². The number of aryl methyl sites for hydroxylation is 2. The first kappa shape index (κ1) is 26.0. The second-order valence-corrected chi connectivity index (χ2v) is 13.6. The largest absolute Gasteiger partial charge is 0.444 e. The number of likely N-dealkylation sites (tertiary alicyclic amines) is 1. The van der Waals surface area contributed by atoms with Gasteiger partial charge in [-0.15, -0.1) is 21.5 Å². The minimum atomic E-state index is -0.481. The molecule has 0 aliphatic carbocycles. The quantitative estimate of drug-likeness (QED) is 0.394. The van der Waals surface area contributed by atoms with Crippen LogP contribution in [0.2, 0.25) is 0 Å². The molecule has 39 heavy (non-hydrogen) atoms. The molecule has 3 aliphatic rings. The van der Waals surface area contributed by atoms with Crippen molar-refractivity contribution in [2.75, 3.05) is 31.1 Å². The summed E-state index contributed by atoms with van der Waals surface area (Å²) in [6.07, 6.45) is 1.94. The zero-order valence-corrected chi connectivity index (χ0v) is 24.9. The summed E-state index contributed by atoms with van der Waals surface area (Å²) in [4.78, 5) is 23.8. The maximum atomic E-state index is 12.8. The lowest BCUT2D eigenvalue weighted by molar-refractivity contribution is -0.00145. The van der Waals surface area contributed by atoms with Crippen LogP contribution in [0.5, 0.6) is 0 Å². The molecule has 3 aliphatic heterocycles. The van der Waals surface area contributed by atoms with E-state index in [1.165, 1.54) is 21.7 Å². The zero-order valence-electron chi connectivity index (χ0n) is 24.0. The number of anilines is 1. The Kier molecular flexibility index (Phi) is 6.13. The summed E-state index contributed by atoms with van der Waals surface area (Å²) in [5.41, 5.74) is 5.44. The molecule has 206 valence electrons. The number of fused-ring (bicyclic) bond motifs is 3. The Hall–Kier alpha value is -3.20. The number of amides is 1. The van der Waals surface area contributed by atoms with Crippen LogP contribution in [0, 0.1) is 26.2 Å². The fourth-order valence-electron chi connectivity index (χ4n) is 6.30. The Labute approximate surface area is 234 Å². The average molecular weight is 547 g/mol. The Morgan fingerprint density at radius 1 is 1.10 bits per heavy atom. The number of piperidine rings is 1. The second kappa shape index (κ2) is 9.18. The topological polar surface area (TPSA) is 75.8 Å². The predicted octanol–water partition coefficient (Wildman–Crippen LogP) is 6.00. The third-order valence-corrected chi connectivity index (χ3v) is 9.41. The van der Waals surface area contributed by atoms with Crippen LogP contribution in [0.3, 0.4) is 0 Å². The number of thiophene rings is 1. The molecule has 6 rings (SSSR count). The highest BCUT2D eigenvalue weighted by Gasteiger charge is 2.48. The van der Waals surface area contributed by atoms with E-state index in [2.05, 4.69) is 64.7 Å². The minimum absolute atomic E-state index is 0.103. The predicted molar refractivity (Wildman–Crippen MR) is 156 cm³/mol. The molecule has 8 nitrogen and oxygen atoms in total. The van der Waals surface area contributed by atoms with E-state index in [9.17, 15) is 4.79 Å². The van der Waals surface area contributed by atoms with Crippen LogP contribution in [0.15, 0.2) is 29.3 Å². The second-order valence-electron chi connectivity index (χ2n) is 12.4. The van der Waals surface area contributed by atoms with E-state index in [-0.39, 0.29) is 17.6 Å². The van der Waals surface area contributed by atoms with Crippen LogP contribution < -0.4 is 4.90 Å².